The number of aryl methyl sites for hydroxylation is 2. The highest BCUT2D eigenvalue weighted by Gasteiger charge is 2.16. The summed E-state index contributed by atoms with van der Waals surface area (Å²) in [4.78, 5) is 0. The fourth-order valence-corrected chi connectivity index (χ4v) is 3.28. The lowest BCUT2D eigenvalue weighted by atomic mass is 9.92. The predicted molar refractivity (Wildman–Crippen MR) is 88.8 cm³/mol. The Kier molecular flexibility index (Phi) is 5.22. The monoisotopic (exact) mass is 352 g/mol. The minimum atomic E-state index is 0.0508. The number of hydrazine groups is 1. The molecule has 2 aromatic carbocycles. The summed E-state index contributed by atoms with van der Waals surface area (Å²) < 4.78 is 0.982. The molecule has 0 fully saturated rings. The van der Waals surface area contributed by atoms with Gasteiger partial charge >= 0.3 is 0 Å². The minimum absolute atomic E-state index is 0.0508. The zero-order valence-corrected chi connectivity index (χ0v) is 13.9. The highest BCUT2D eigenvalue weighted by atomic mass is 79.9. The van der Waals surface area contributed by atoms with Gasteiger partial charge in [-0.2, -0.15) is 0 Å². The second-order valence-corrected chi connectivity index (χ2v) is 6.29. The summed E-state index contributed by atoms with van der Waals surface area (Å²) in [7, 11) is 0. The van der Waals surface area contributed by atoms with Gasteiger partial charge in [-0.25, -0.2) is 0 Å². The van der Waals surface area contributed by atoms with Crippen molar-refractivity contribution < 1.29 is 0 Å². The molecule has 0 amide bonds. The van der Waals surface area contributed by atoms with Crippen molar-refractivity contribution in [3.05, 3.63) is 68.1 Å². The van der Waals surface area contributed by atoms with Crippen molar-refractivity contribution in [3.8, 4) is 0 Å². The average Bonchev–Trinajstić information content (AvgIpc) is 2.39. The number of benzene rings is 2. The Morgan fingerprint density at radius 3 is 2.40 bits per heavy atom. The van der Waals surface area contributed by atoms with Gasteiger partial charge in [-0.05, 0) is 54.7 Å². The van der Waals surface area contributed by atoms with Gasteiger partial charge in [0.05, 0.1) is 6.04 Å². The molecule has 0 saturated carbocycles. The second kappa shape index (κ2) is 6.72. The Morgan fingerprint density at radius 2 is 1.85 bits per heavy atom. The molecule has 0 aromatic heterocycles. The zero-order chi connectivity index (χ0) is 14.7. The lowest BCUT2D eigenvalue weighted by Gasteiger charge is -2.21. The highest BCUT2D eigenvalue weighted by Crippen LogP contribution is 2.28. The largest absolute Gasteiger partial charge is 0.271 e. The van der Waals surface area contributed by atoms with E-state index in [0.717, 1.165) is 21.5 Å². The summed E-state index contributed by atoms with van der Waals surface area (Å²) in [6.45, 7) is 4.21. The molecule has 0 saturated heterocycles. The lowest BCUT2D eigenvalue weighted by Crippen LogP contribution is -2.30. The fourth-order valence-electron chi connectivity index (χ4n) is 2.53. The molecule has 0 aliphatic rings. The van der Waals surface area contributed by atoms with Crippen LogP contribution in [0.1, 0.15) is 28.3 Å². The third-order valence-electron chi connectivity index (χ3n) is 3.53. The van der Waals surface area contributed by atoms with Crippen LogP contribution >= 0.6 is 27.5 Å². The van der Waals surface area contributed by atoms with E-state index in [1.54, 1.807) is 0 Å². The summed E-state index contributed by atoms with van der Waals surface area (Å²) in [6.07, 6.45) is 0.758. The molecule has 1 unspecified atom stereocenters. The van der Waals surface area contributed by atoms with Crippen LogP contribution in [0.5, 0.6) is 0 Å². The van der Waals surface area contributed by atoms with E-state index in [-0.39, 0.29) is 6.04 Å². The third-order valence-corrected chi connectivity index (χ3v) is 4.38. The molecular weight excluding hydrogens is 336 g/mol. The van der Waals surface area contributed by atoms with E-state index < -0.39 is 0 Å². The molecule has 0 radical (unpaired) electrons. The van der Waals surface area contributed by atoms with E-state index in [2.05, 4.69) is 53.4 Å². The normalized spacial score (nSPS) is 12.4. The summed E-state index contributed by atoms with van der Waals surface area (Å²) in [5.41, 5.74) is 7.72. The number of nitrogens with two attached hydrogens (primary N) is 1. The first-order valence-electron chi connectivity index (χ1n) is 6.49. The first-order valence-corrected chi connectivity index (χ1v) is 7.66. The molecular formula is C16H18BrClN2. The van der Waals surface area contributed by atoms with Crippen molar-refractivity contribution in [1.29, 1.82) is 0 Å². The van der Waals surface area contributed by atoms with Gasteiger partial charge in [0.2, 0.25) is 0 Å². The Labute approximate surface area is 133 Å². The molecule has 106 valence electrons. The van der Waals surface area contributed by atoms with Crippen LogP contribution in [-0.2, 0) is 6.42 Å². The van der Waals surface area contributed by atoms with Crippen LogP contribution in [0.2, 0.25) is 5.02 Å². The van der Waals surface area contributed by atoms with Gasteiger partial charge in [0.15, 0.2) is 0 Å². The van der Waals surface area contributed by atoms with E-state index in [1.165, 1.54) is 16.7 Å². The molecule has 0 aliphatic heterocycles. The average molecular weight is 354 g/mol. The maximum absolute atomic E-state index is 6.30. The molecule has 3 N–H and O–H groups in total. The Balaban J connectivity index is 2.34. The molecule has 0 aliphatic carbocycles. The van der Waals surface area contributed by atoms with Crippen LogP contribution in [0.3, 0.4) is 0 Å². The molecule has 0 heterocycles. The highest BCUT2D eigenvalue weighted by molar-refractivity contribution is 9.10. The van der Waals surface area contributed by atoms with Gasteiger partial charge in [-0.15, -0.1) is 0 Å². The third kappa shape index (κ3) is 3.41. The summed E-state index contributed by atoms with van der Waals surface area (Å²) >= 11 is 9.72. The Morgan fingerprint density at radius 1 is 1.20 bits per heavy atom. The molecule has 2 aromatic rings. The van der Waals surface area contributed by atoms with Crippen molar-refractivity contribution in [2.45, 2.75) is 26.3 Å². The number of nitrogens with one attached hydrogen (secondary N) is 1. The second-order valence-electron chi connectivity index (χ2n) is 4.96. The fraction of sp³-hybridized carbons (Fsp3) is 0.250. The van der Waals surface area contributed by atoms with E-state index in [1.807, 2.05) is 18.2 Å². The van der Waals surface area contributed by atoms with Gasteiger partial charge < -0.3 is 0 Å². The minimum Gasteiger partial charge on any atom is -0.271 e. The van der Waals surface area contributed by atoms with Crippen molar-refractivity contribution in [1.82, 2.24) is 5.43 Å². The smallest absolute Gasteiger partial charge is 0.0506 e. The summed E-state index contributed by atoms with van der Waals surface area (Å²) in [5.74, 6) is 5.77. The van der Waals surface area contributed by atoms with E-state index in [4.69, 9.17) is 17.4 Å². The topological polar surface area (TPSA) is 38.0 Å². The molecule has 2 rings (SSSR count). The van der Waals surface area contributed by atoms with Crippen LogP contribution in [0.4, 0.5) is 0 Å². The van der Waals surface area contributed by atoms with Gasteiger partial charge in [0.1, 0.15) is 0 Å². The number of halogens is 2. The number of hydrogen-bond acceptors (Lipinski definition) is 2. The Hall–Kier alpha value is -0.870. The van der Waals surface area contributed by atoms with E-state index in [9.17, 15) is 0 Å². The van der Waals surface area contributed by atoms with Crippen molar-refractivity contribution in [3.63, 3.8) is 0 Å². The van der Waals surface area contributed by atoms with Crippen molar-refractivity contribution in [2.24, 2.45) is 5.84 Å². The summed E-state index contributed by atoms with van der Waals surface area (Å²) in [5, 5.41) is 0.755. The first-order chi connectivity index (χ1) is 9.52. The summed E-state index contributed by atoms with van der Waals surface area (Å²) in [6, 6.07) is 12.3. The van der Waals surface area contributed by atoms with Gasteiger partial charge in [0.25, 0.3) is 0 Å². The molecule has 0 bridgehead atoms. The lowest BCUT2D eigenvalue weighted by molar-refractivity contribution is 0.547. The predicted octanol–water partition coefficient (Wildman–Crippen LogP) is 4.47. The standard InChI is InChI=1S/C16H18BrClN2/c1-10-4-3-5-11(2)16(10)15(20-19)8-12-6-7-13(17)9-14(12)18/h3-7,9,15,20H,8,19H2,1-2H3. The maximum atomic E-state index is 6.30. The SMILES string of the molecule is Cc1cccc(C)c1C(Cc1ccc(Br)cc1Cl)NN. The van der Waals surface area contributed by atoms with Gasteiger partial charge in [0, 0.05) is 9.50 Å². The van der Waals surface area contributed by atoms with E-state index >= 15 is 0 Å². The van der Waals surface area contributed by atoms with Crippen LogP contribution in [-0.4, -0.2) is 0 Å². The number of rotatable bonds is 4. The molecule has 20 heavy (non-hydrogen) atoms. The quantitative estimate of drug-likeness (QED) is 0.629. The van der Waals surface area contributed by atoms with E-state index in [0.29, 0.717) is 0 Å². The number of hydrogen-bond donors (Lipinski definition) is 2. The first kappa shape index (κ1) is 15.5. The van der Waals surface area contributed by atoms with Crippen LogP contribution in [0.15, 0.2) is 40.9 Å². The van der Waals surface area contributed by atoms with Crippen LogP contribution < -0.4 is 11.3 Å². The van der Waals surface area contributed by atoms with Gasteiger partial charge in [-0.1, -0.05) is 51.8 Å². The van der Waals surface area contributed by atoms with Crippen LogP contribution in [0.25, 0.3) is 0 Å². The molecule has 1 atom stereocenters. The Bertz CT molecular complexity index is 593. The zero-order valence-electron chi connectivity index (χ0n) is 11.6. The van der Waals surface area contributed by atoms with Crippen molar-refractivity contribution >= 4 is 27.5 Å². The van der Waals surface area contributed by atoms with Gasteiger partial charge in [-0.3, -0.25) is 11.3 Å². The molecule has 0 spiro atoms. The van der Waals surface area contributed by atoms with Crippen molar-refractivity contribution in [2.75, 3.05) is 0 Å². The molecule has 2 nitrogen and oxygen atoms in total. The molecule has 4 heteroatoms. The maximum Gasteiger partial charge on any atom is 0.0506 e. The van der Waals surface area contributed by atoms with Crippen LogP contribution in [0, 0.1) is 13.8 Å².